The zero-order valence-electron chi connectivity index (χ0n) is 10.3. The van der Waals surface area contributed by atoms with Crippen molar-refractivity contribution in [2.24, 2.45) is 0 Å². The molecule has 1 aromatic rings. The molecule has 1 atom stereocenters. The minimum absolute atomic E-state index is 0.314. The van der Waals surface area contributed by atoms with Gasteiger partial charge in [0.05, 0.1) is 6.61 Å². The number of rotatable bonds is 6. The van der Waals surface area contributed by atoms with Gasteiger partial charge in [-0.3, -0.25) is 0 Å². The lowest BCUT2D eigenvalue weighted by molar-refractivity contribution is -0.156. The molecule has 0 amide bonds. The molecule has 1 rings (SSSR count). The van der Waals surface area contributed by atoms with Crippen molar-refractivity contribution in [3.8, 4) is 0 Å². The van der Waals surface area contributed by atoms with Gasteiger partial charge in [-0.2, -0.15) is 0 Å². The fourth-order valence-electron chi connectivity index (χ4n) is 1.51. The van der Waals surface area contributed by atoms with Gasteiger partial charge >= 0.3 is 5.97 Å². The second-order valence-electron chi connectivity index (χ2n) is 3.64. The third kappa shape index (κ3) is 4.44. The molecule has 94 valence electrons. The zero-order chi connectivity index (χ0) is 12.7. The van der Waals surface area contributed by atoms with Crippen LogP contribution in [0.25, 0.3) is 0 Å². The lowest BCUT2D eigenvalue weighted by atomic mass is 10.1. The van der Waals surface area contributed by atoms with Gasteiger partial charge in [-0.05, 0) is 31.5 Å². The van der Waals surface area contributed by atoms with Crippen LogP contribution in [0, 0.1) is 0 Å². The molecule has 0 saturated carbocycles. The average molecular weight is 237 g/mol. The van der Waals surface area contributed by atoms with Crippen molar-refractivity contribution >= 4 is 11.7 Å². The summed E-state index contributed by atoms with van der Waals surface area (Å²) in [4.78, 5) is 11.6. The lowest BCUT2D eigenvalue weighted by Gasteiger charge is -2.15. The molecule has 0 aliphatic rings. The highest BCUT2D eigenvalue weighted by molar-refractivity contribution is 5.75. The molecule has 4 nitrogen and oxygen atoms in total. The van der Waals surface area contributed by atoms with E-state index in [1.54, 1.807) is 6.92 Å². The monoisotopic (exact) mass is 237 g/mol. The minimum atomic E-state index is -0.538. The maximum atomic E-state index is 11.6. The maximum Gasteiger partial charge on any atom is 0.335 e. The smallest absolute Gasteiger partial charge is 0.335 e. The number of benzene rings is 1. The molecular formula is C13H19NO3. The van der Waals surface area contributed by atoms with Crippen LogP contribution in [0.4, 0.5) is 5.69 Å². The van der Waals surface area contributed by atoms with Crippen molar-refractivity contribution in [3.05, 3.63) is 29.8 Å². The fraction of sp³-hybridized carbons (Fsp3) is 0.462. The molecule has 0 spiro atoms. The Balaban J connectivity index is 2.65. The quantitative estimate of drug-likeness (QED) is 0.605. The van der Waals surface area contributed by atoms with E-state index in [-0.39, 0.29) is 5.97 Å². The van der Waals surface area contributed by atoms with E-state index < -0.39 is 6.10 Å². The Morgan fingerprint density at radius 2 is 1.88 bits per heavy atom. The van der Waals surface area contributed by atoms with Gasteiger partial charge < -0.3 is 15.2 Å². The van der Waals surface area contributed by atoms with Crippen LogP contribution < -0.4 is 5.73 Å². The number of nitrogen functional groups attached to an aromatic ring is 1. The predicted octanol–water partition coefficient (Wildman–Crippen LogP) is 1.78. The molecule has 2 N–H and O–H groups in total. The van der Waals surface area contributed by atoms with Crippen LogP contribution in [0.2, 0.25) is 0 Å². The van der Waals surface area contributed by atoms with Gasteiger partial charge in [0.1, 0.15) is 0 Å². The molecule has 17 heavy (non-hydrogen) atoms. The largest absolute Gasteiger partial charge is 0.464 e. The summed E-state index contributed by atoms with van der Waals surface area (Å²) in [5.41, 5.74) is 7.31. The summed E-state index contributed by atoms with van der Waals surface area (Å²) in [6.45, 7) is 4.49. The van der Waals surface area contributed by atoms with E-state index in [1.165, 1.54) is 0 Å². The first-order valence-corrected chi connectivity index (χ1v) is 5.80. The number of hydrogen-bond donors (Lipinski definition) is 1. The van der Waals surface area contributed by atoms with Gasteiger partial charge in [0.2, 0.25) is 0 Å². The first-order valence-electron chi connectivity index (χ1n) is 5.80. The molecule has 1 aromatic carbocycles. The Labute approximate surface area is 102 Å². The fourth-order valence-corrected chi connectivity index (χ4v) is 1.51. The molecule has 0 unspecified atom stereocenters. The number of esters is 1. The molecule has 0 aliphatic heterocycles. The Kier molecular flexibility index (Phi) is 5.49. The van der Waals surface area contributed by atoms with Gasteiger partial charge in [0.25, 0.3) is 0 Å². The summed E-state index contributed by atoms with van der Waals surface area (Å²) in [7, 11) is 0. The van der Waals surface area contributed by atoms with Crippen molar-refractivity contribution in [2.75, 3.05) is 18.9 Å². The summed E-state index contributed by atoms with van der Waals surface area (Å²) in [5, 5.41) is 0. The van der Waals surface area contributed by atoms with E-state index in [2.05, 4.69) is 0 Å². The third-order valence-corrected chi connectivity index (χ3v) is 2.32. The van der Waals surface area contributed by atoms with Crippen molar-refractivity contribution in [1.82, 2.24) is 0 Å². The van der Waals surface area contributed by atoms with Crippen molar-refractivity contribution in [2.45, 2.75) is 26.4 Å². The van der Waals surface area contributed by atoms with Crippen LogP contribution in [0.5, 0.6) is 0 Å². The first-order chi connectivity index (χ1) is 8.17. The van der Waals surface area contributed by atoms with E-state index in [9.17, 15) is 4.79 Å². The van der Waals surface area contributed by atoms with E-state index in [4.69, 9.17) is 15.2 Å². The minimum Gasteiger partial charge on any atom is -0.464 e. The molecule has 0 aromatic heterocycles. The summed E-state index contributed by atoms with van der Waals surface area (Å²) < 4.78 is 10.3. The number of carbonyl (C=O) groups excluding carboxylic acids is 1. The molecule has 0 saturated heterocycles. The van der Waals surface area contributed by atoms with Gasteiger partial charge in [-0.25, -0.2) is 4.79 Å². The molecule has 0 radical (unpaired) electrons. The highest BCUT2D eigenvalue weighted by Gasteiger charge is 2.20. The number of hydrogen-bond acceptors (Lipinski definition) is 4. The van der Waals surface area contributed by atoms with Crippen LogP contribution in [0.15, 0.2) is 24.3 Å². The molecule has 0 heterocycles. The van der Waals surface area contributed by atoms with Crippen LogP contribution in [-0.4, -0.2) is 25.3 Å². The summed E-state index contributed by atoms with van der Waals surface area (Å²) in [6.07, 6.45) is -0.0315. The maximum absolute atomic E-state index is 11.6. The average Bonchev–Trinajstić information content (AvgIpc) is 2.31. The van der Waals surface area contributed by atoms with E-state index in [0.29, 0.717) is 25.3 Å². The topological polar surface area (TPSA) is 61.5 Å². The highest BCUT2D eigenvalue weighted by Crippen LogP contribution is 2.10. The highest BCUT2D eigenvalue weighted by atomic mass is 16.6. The lowest BCUT2D eigenvalue weighted by Crippen LogP contribution is -2.28. The van der Waals surface area contributed by atoms with Crippen LogP contribution in [-0.2, 0) is 20.7 Å². The second kappa shape index (κ2) is 6.91. The van der Waals surface area contributed by atoms with Crippen LogP contribution >= 0.6 is 0 Å². The third-order valence-electron chi connectivity index (χ3n) is 2.32. The summed E-state index contributed by atoms with van der Waals surface area (Å²) in [6, 6.07) is 7.40. The van der Waals surface area contributed by atoms with E-state index in [0.717, 1.165) is 5.56 Å². The summed E-state index contributed by atoms with van der Waals surface area (Å²) in [5.74, 6) is -0.314. The van der Waals surface area contributed by atoms with Crippen LogP contribution in [0.1, 0.15) is 19.4 Å². The van der Waals surface area contributed by atoms with Gasteiger partial charge in [-0.1, -0.05) is 12.1 Å². The predicted molar refractivity (Wildman–Crippen MR) is 66.6 cm³/mol. The van der Waals surface area contributed by atoms with Crippen molar-refractivity contribution in [3.63, 3.8) is 0 Å². The number of nitrogens with two attached hydrogens (primary N) is 1. The van der Waals surface area contributed by atoms with Crippen LogP contribution in [0.3, 0.4) is 0 Å². The SMILES string of the molecule is CCOC(=O)[C@@H](Cc1ccc(N)cc1)OCC. The van der Waals surface area contributed by atoms with Gasteiger partial charge in [0, 0.05) is 18.7 Å². The number of carbonyl (C=O) groups is 1. The van der Waals surface area contributed by atoms with Gasteiger partial charge in [0.15, 0.2) is 6.10 Å². The number of ether oxygens (including phenoxy) is 2. The Morgan fingerprint density at radius 1 is 1.24 bits per heavy atom. The zero-order valence-corrected chi connectivity index (χ0v) is 10.3. The normalized spacial score (nSPS) is 12.1. The molecular weight excluding hydrogens is 218 g/mol. The van der Waals surface area contributed by atoms with Gasteiger partial charge in [-0.15, -0.1) is 0 Å². The first kappa shape index (κ1) is 13.5. The molecule has 0 fully saturated rings. The summed E-state index contributed by atoms with van der Waals surface area (Å²) >= 11 is 0. The van der Waals surface area contributed by atoms with Crippen molar-refractivity contribution in [1.29, 1.82) is 0 Å². The Bertz CT molecular complexity index is 348. The molecule has 0 bridgehead atoms. The number of anilines is 1. The standard InChI is InChI=1S/C13H19NO3/c1-3-16-12(13(15)17-4-2)9-10-5-7-11(14)8-6-10/h5-8,12H,3-4,9,14H2,1-2H3/t12-/m1/s1. The molecule has 0 aliphatic carbocycles. The molecule has 4 heteroatoms. The van der Waals surface area contributed by atoms with E-state index in [1.807, 2.05) is 31.2 Å². The second-order valence-corrected chi connectivity index (χ2v) is 3.64. The Hall–Kier alpha value is -1.55. The Morgan fingerprint density at radius 3 is 2.41 bits per heavy atom. The van der Waals surface area contributed by atoms with E-state index >= 15 is 0 Å². The van der Waals surface area contributed by atoms with Crippen molar-refractivity contribution < 1.29 is 14.3 Å².